The Morgan fingerprint density at radius 2 is 1.95 bits per heavy atom. The normalized spacial score (nSPS) is 20.0. The van der Waals surface area contributed by atoms with Crippen molar-refractivity contribution in [3.8, 4) is 0 Å². The Balaban J connectivity index is 2.06. The largest absolute Gasteiger partial charge is 0.311 e. The fourth-order valence-electron chi connectivity index (χ4n) is 2.93. The van der Waals surface area contributed by atoms with Gasteiger partial charge < -0.3 is 4.90 Å². The monoisotopic (exact) mass is 347 g/mol. The lowest BCUT2D eigenvalue weighted by molar-refractivity contribution is -0.119. The first-order valence-corrected chi connectivity index (χ1v) is 9.40. The van der Waals surface area contributed by atoms with Crippen LogP contribution in [0.4, 0.5) is 5.69 Å². The van der Waals surface area contributed by atoms with Crippen LogP contribution in [0.15, 0.2) is 12.1 Å². The number of rotatable bonds is 2. The quantitative estimate of drug-likeness (QED) is 0.826. The van der Waals surface area contributed by atoms with Crippen LogP contribution in [0.1, 0.15) is 24.8 Å². The lowest BCUT2D eigenvalue weighted by Crippen LogP contribution is -2.46. The fourth-order valence-corrected chi connectivity index (χ4v) is 4.77. The molecule has 0 aromatic heterocycles. The van der Waals surface area contributed by atoms with Gasteiger partial charge in [-0.05, 0) is 43.4 Å². The van der Waals surface area contributed by atoms with Gasteiger partial charge in [-0.15, -0.1) is 0 Å². The third-order valence-electron chi connectivity index (χ3n) is 4.28. The summed E-state index contributed by atoms with van der Waals surface area (Å²) in [6.07, 6.45) is 3.45. The second-order valence-corrected chi connectivity index (χ2v) is 8.88. The molecule has 1 fully saturated rings. The predicted octanol–water partition coefficient (Wildman–Crippen LogP) is 2.85. The summed E-state index contributed by atoms with van der Waals surface area (Å²) >= 11 is 12.2. The smallest absolute Gasteiger partial charge is 0.248 e. The summed E-state index contributed by atoms with van der Waals surface area (Å²) in [6, 6.07) is 3.34. The molecule has 1 aromatic rings. The minimum absolute atomic E-state index is 0.343. The van der Waals surface area contributed by atoms with Crippen LogP contribution >= 0.6 is 23.2 Å². The molecule has 0 saturated heterocycles. The van der Waals surface area contributed by atoms with Gasteiger partial charge in [0.25, 0.3) is 0 Å². The van der Waals surface area contributed by atoms with Crippen molar-refractivity contribution < 1.29 is 13.2 Å². The summed E-state index contributed by atoms with van der Waals surface area (Å²) in [5.74, 6) is -0.343. The molecular formula is C14H15Cl2NO3S. The number of anilines is 1. The molecule has 3 rings (SSSR count). The molecule has 1 aromatic carbocycles. The molecule has 0 spiro atoms. The number of benzene rings is 1. The minimum Gasteiger partial charge on any atom is -0.311 e. The Bertz CT molecular complexity index is 726. The predicted molar refractivity (Wildman–Crippen MR) is 83.9 cm³/mol. The molecule has 0 radical (unpaired) electrons. The van der Waals surface area contributed by atoms with Gasteiger partial charge in [-0.1, -0.05) is 23.2 Å². The number of amides is 1. The summed E-state index contributed by atoms with van der Waals surface area (Å²) in [7, 11) is -3.42. The van der Waals surface area contributed by atoms with E-state index in [2.05, 4.69) is 0 Å². The Morgan fingerprint density at radius 3 is 2.52 bits per heavy atom. The second-order valence-electron chi connectivity index (χ2n) is 5.71. The molecule has 1 aliphatic carbocycles. The van der Waals surface area contributed by atoms with Gasteiger partial charge in [0.2, 0.25) is 5.91 Å². The molecule has 1 saturated carbocycles. The van der Waals surface area contributed by atoms with Gasteiger partial charge in [-0.25, -0.2) is 8.42 Å². The molecule has 0 unspecified atom stereocenters. The molecule has 4 nitrogen and oxygen atoms in total. The molecule has 0 atom stereocenters. The van der Waals surface area contributed by atoms with E-state index in [1.165, 1.54) is 0 Å². The van der Waals surface area contributed by atoms with Gasteiger partial charge in [-0.2, -0.15) is 0 Å². The zero-order valence-corrected chi connectivity index (χ0v) is 13.9. The summed E-state index contributed by atoms with van der Waals surface area (Å²) in [6.45, 7) is 0.500. The highest BCUT2D eigenvalue weighted by atomic mass is 35.5. The number of fused-ring (bicyclic) bond motifs is 1. The highest BCUT2D eigenvalue weighted by Gasteiger charge is 2.60. The van der Waals surface area contributed by atoms with Gasteiger partial charge in [0.1, 0.15) is 0 Å². The van der Waals surface area contributed by atoms with E-state index < -0.39 is 14.6 Å². The van der Waals surface area contributed by atoms with Crippen molar-refractivity contribution in [2.75, 3.05) is 17.7 Å². The van der Waals surface area contributed by atoms with E-state index in [4.69, 9.17) is 23.2 Å². The van der Waals surface area contributed by atoms with Gasteiger partial charge in [0, 0.05) is 28.5 Å². The van der Waals surface area contributed by atoms with E-state index in [-0.39, 0.29) is 5.91 Å². The molecule has 0 bridgehead atoms. The summed E-state index contributed by atoms with van der Waals surface area (Å²) in [4.78, 5) is 14.3. The van der Waals surface area contributed by atoms with E-state index in [0.717, 1.165) is 24.7 Å². The summed E-state index contributed by atoms with van der Waals surface area (Å²) in [5.41, 5.74) is 1.52. The second kappa shape index (κ2) is 4.86. The maximum atomic E-state index is 12.8. The Morgan fingerprint density at radius 1 is 1.29 bits per heavy atom. The SMILES string of the molecule is CS(=O)(=O)C1(C(=O)N2CCCc3c(Cl)cc(Cl)cc32)CC1. The molecular weight excluding hydrogens is 333 g/mol. The van der Waals surface area contributed by atoms with Crippen LogP contribution in [0.5, 0.6) is 0 Å². The van der Waals surface area contributed by atoms with Crippen LogP contribution in [-0.4, -0.2) is 31.9 Å². The van der Waals surface area contributed by atoms with E-state index in [0.29, 0.717) is 35.1 Å². The Labute approximate surface area is 133 Å². The molecule has 21 heavy (non-hydrogen) atoms. The molecule has 114 valence electrons. The van der Waals surface area contributed by atoms with Gasteiger partial charge in [0.05, 0.1) is 0 Å². The van der Waals surface area contributed by atoms with Crippen molar-refractivity contribution in [1.29, 1.82) is 0 Å². The van der Waals surface area contributed by atoms with Crippen LogP contribution in [0.25, 0.3) is 0 Å². The summed E-state index contributed by atoms with van der Waals surface area (Å²) < 4.78 is 22.7. The molecule has 1 amide bonds. The molecule has 0 N–H and O–H groups in total. The maximum Gasteiger partial charge on any atom is 0.248 e. The first-order chi connectivity index (χ1) is 9.76. The van der Waals surface area contributed by atoms with Crippen LogP contribution < -0.4 is 4.90 Å². The van der Waals surface area contributed by atoms with Crippen molar-refractivity contribution in [3.05, 3.63) is 27.7 Å². The highest BCUT2D eigenvalue weighted by Crippen LogP contribution is 2.47. The van der Waals surface area contributed by atoms with Crippen molar-refractivity contribution in [2.24, 2.45) is 0 Å². The number of sulfone groups is 1. The maximum absolute atomic E-state index is 12.8. The first-order valence-electron chi connectivity index (χ1n) is 6.76. The topological polar surface area (TPSA) is 54.5 Å². The van der Waals surface area contributed by atoms with Crippen LogP contribution in [-0.2, 0) is 21.1 Å². The summed E-state index contributed by atoms with van der Waals surface area (Å²) in [5, 5.41) is 0.974. The fraction of sp³-hybridized carbons (Fsp3) is 0.500. The first kappa shape index (κ1) is 15.1. The molecule has 1 heterocycles. The number of carbonyl (C=O) groups is 1. The van der Waals surface area contributed by atoms with Crippen LogP contribution in [0.3, 0.4) is 0 Å². The van der Waals surface area contributed by atoms with Gasteiger partial charge in [0.15, 0.2) is 14.6 Å². The Kier molecular flexibility index (Phi) is 3.50. The number of nitrogens with zero attached hydrogens (tertiary/aromatic N) is 1. The van der Waals surface area contributed by atoms with Crippen molar-refractivity contribution in [1.82, 2.24) is 0 Å². The number of hydrogen-bond donors (Lipinski definition) is 0. The van der Waals surface area contributed by atoms with E-state index >= 15 is 0 Å². The third-order valence-corrected chi connectivity index (χ3v) is 6.84. The van der Waals surface area contributed by atoms with Crippen molar-refractivity contribution in [3.63, 3.8) is 0 Å². The number of carbonyl (C=O) groups excluding carboxylic acids is 1. The molecule has 1 aliphatic heterocycles. The Hall–Kier alpha value is -0.780. The van der Waals surface area contributed by atoms with Gasteiger partial charge in [-0.3, -0.25) is 4.79 Å². The zero-order chi connectivity index (χ0) is 15.4. The average Bonchev–Trinajstić information content (AvgIpc) is 3.18. The standard InChI is InChI=1S/C14H15Cl2NO3S/c1-21(19,20)14(4-5-14)13(18)17-6-2-3-10-11(16)7-9(15)8-12(10)17/h7-8H,2-6H2,1H3. The van der Waals surface area contributed by atoms with Crippen molar-refractivity contribution >= 4 is 44.6 Å². The third kappa shape index (κ3) is 2.35. The van der Waals surface area contributed by atoms with Crippen LogP contribution in [0.2, 0.25) is 10.0 Å². The lowest BCUT2D eigenvalue weighted by atomic mass is 10.0. The lowest BCUT2D eigenvalue weighted by Gasteiger charge is -2.32. The number of halogens is 2. The zero-order valence-electron chi connectivity index (χ0n) is 11.5. The van der Waals surface area contributed by atoms with E-state index in [1.807, 2.05) is 0 Å². The van der Waals surface area contributed by atoms with E-state index in [1.54, 1.807) is 17.0 Å². The average molecular weight is 348 g/mol. The molecule has 2 aliphatic rings. The van der Waals surface area contributed by atoms with E-state index in [9.17, 15) is 13.2 Å². The van der Waals surface area contributed by atoms with Crippen LogP contribution in [0, 0.1) is 0 Å². The highest BCUT2D eigenvalue weighted by molar-refractivity contribution is 7.93. The number of hydrogen-bond acceptors (Lipinski definition) is 3. The molecule has 7 heteroatoms. The van der Waals surface area contributed by atoms with Gasteiger partial charge >= 0.3 is 0 Å². The minimum atomic E-state index is -3.42. The van der Waals surface area contributed by atoms with Crippen molar-refractivity contribution in [2.45, 2.75) is 30.4 Å².